The molecule has 5 aromatic heterocycles. The second-order valence-corrected chi connectivity index (χ2v) is 24.3. The van der Waals surface area contributed by atoms with E-state index in [-0.39, 0.29) is 0 Å². The van der Waals surface area contributed by atoms with Crippen molar-refractivity contribution < 1.29 is 0 Å². The molecular weight excluding hydrogens is 1140 g/mol. The van der Waals surface area contributed by atoms with Gasteiger partial charge in [0.15, 0.2) is 17.5 Å². The van der Waals surface area contributed by atoms with Gasteiger partial charge in [0, 0.05) is 82.5 Å². The fourth-order valence-electron chi connectivity index (χ4n) is 14.7. The van der Waals surface area contributed by atoms with E-state index in [1.54, 1.807) is 0 Å². The maximum atomic E-state index is 5.43. The van der Waals surface area contributed by atoms with E-state index in [9.17, 15) is 0 Å². The lowest BCUT2D eigenvalue weighted by Crippen LogP contribution is -2.02. The van der Waals surface area contributed by atoms with E-state index < -0.39 is 0 Å². The molecule has 0 radical (unpaired) electrons. The smallest absolute Gasteiger partial charge is 0.164 e. The summed E-state index contributed by atoms with van der Waals surface area (Å²) in [4.78, 5) is 16.2. The van der Waals surface area contributed by atoms with Gasteiger partial charge in [-0.15, -0.1) is 0 Å². The Morgan fingerprint density at radius 1 is 0.160 bits per heavy atom. The van der Waals surface area contributed by atoms with Crippen molar-refractivity contribution in [2.24, 2.45) is 0 Å². The summed E-state index contributed by atoms with van der Waals surface area (Å²) < 4.78 is 9.53. The van der Waals surface area contributed by atoms with Crippen molar-refractivity contribution >= 4 is 87.2 Å². The molecule has 0 saturated heterocycles. The van der Waals surface area contributed by atoms with Gasteiger partial charge in [-0.25, -0.2) is 15.0 Å². The Kier molecular flexibility index (Phi) is 12.1. The molecule has 19 aromatic rings. The molecule has 438 valence electrons. The zero-order valence-electron chi connectivity index (χ0n) is 50.9. The van der Waals surface area contributed by atoms with Crippen molar-refractivity contribution in [2.75, 3.05) is 0 Å². The van der Waals surface area contributed by atoms with Gasteiger partial charge in [-0.2, -0.15) is 0 Å². The normalized spacial score (nSPS) is 11.8. The molecule has 0 unspecified atom stereocenters. The van der Waals surface area contributed by atoms with Crippen molar-refractivity contribution in [1.29, 1.82) is 0 Å². The second-order valence-electron chi connectivity index (χ2n) is 24.3. The average molecular weight is 1200 g/mol. The molecule has 0 amide bonds. The maximum Gasteiger partial charge on any atom is 0.164 e. The fourth-order valence-corrected chi connectivity index (χ4v) is 14.7. The predicted octanol–water partition coefficient (Wildman–Crippen LogP) is 22.3. The first-order valence-electron chi connectivity index (χ1n) is 32.0. The highest BCUT2D eigenvalue weighted by Crippen LogP contribution is 2.42. The van der Waals surface area contributed by atoms with E-state index in [1.165, 1.54) is 65.2 Å². The quantitative estimate of drug-likeness (QED) is 0.137. The molecule has 0 atom stereocenters. The zero-order chi connectivity index (χ0) is 61.8. The molecule has 0 aliphatic rings. The lowest BCUT2D eigenvalue weighted by molar-refractivity contribution is 1.07. The minimum atomic E-state index is 0.580. The number of hydrogen-bond acceptors (Lipinski definition) is 3. The number of hydrogen-bond donors (Lipinski definition) is 0. The average Bonchev–Trinajstić information content (AvgIpc) is 1.60. The van der Waals surface area contributed by atoms with Crippen molar-refractivity contribution in [1.82, 2.24) is 33.2 Å². The maximum absolute atomic E-state index is 5.43. The van der Waals surface area contributed by atoms with E-state index in [2.05, 4.69) is 352 Å². The van der Waals surface area contributed by atoms with Crippen molar-refractivity contribution in [3.8, 4) is 90.3 Å². The summed E-state index contributed by atoms with van der Waals surface area (Å²) in [5.74, 6) is 1.76. The Morgan fingerprint density at radius 2 is 0.489 bits per heavy atom. The minimum absolute atomic E-state index is 0.580. The number of benzene rings is 14. The van der Waals surface area contributed by atoms with E-state index in [0.29, 0.717) is 17.5 Å². The van der Waals surface area contributed by atoms with Crippen LogP contribution in [-0.2, 0) is 0 Å². The van der Waals surface area contributed by atoms with Crippen LogP contribution >= 0.6 is 0 Å². The SMILES string of the molecule is c1ccc(-c2ccccc2-c2nc(-c3ccc(-n4c5ccccc5c5ccc(-c6ccc7c(c6)c6ccccc6n7-c6ccccc6)cc54)cc3)nc(-c3cccc(-n4c5ccccc5c5ccc(-c6ccc7c(c6)c6ccccc6n7-c6ccccc6)cc54)c3)n2)cc1. The van der Waals surface area contributed by atoms with Gasteiger partial charge in [-0.05, 0) is 155 Å². The molecule has 0 aliphatic heterocycles. The molecule has 0 N–H and O–H groups in total. The number of nitrogens with zero attached hydrogens (tertiary/aromatic N) is 7. The highest BCUT2D eigenvalue weighted by atomic mass is 15.0. The van der Waals surface area contributed by atoms with E-state index in [4.69, 9.17) is 15.0 Å². The van der Waals surface area contributed by atoms with Gasteiger partial charge in [0.2, 0.25) is 0 Å². The third-order valence-corrected chi connectivity index (χ3v) is 19.0. The Hall–Kier alpha value is -12.7. The largest absolute Gasteiger partial charge is 0.309 e. The molecule has 0 fully saturated rings. The van der Waals surface area contributed by atoms with Gasteiger partial charge >= 0.3 is 0 Å². The van der Waals surface area contributed by atoms with Gasteiger partial charge in [-0.3, -0.25) is 0 Å². The predicted molar refractivity (Wildman–Crippen MR) is 390 cm³/mol. The van der Waals surface area contributed by atoms with Crippen LogP contribution in [0.5, 0.6) is 0 Å². The van der Waals surface area contributed by atoms with Gasteiger partial charge < -0.3 is 18.3 Å². The number of rotatable bonds is 10. The Morgan fingerprint density at radius 3 is 1.01 bits per heavy atom. The first-order chi connectivity index (χ1) is 46.6. The number of aromatic nitrogens is 7. The molecule has 94 heavy (non-hydrogen) atoms. The Bertz CT molecular complexity index is 6210. The standard InChI is InChI=1S/C87H55N7/c1-4-21-56(22-5-1)67-29-10-11-34-74(67)87-89-85(57-39-45-65(46-40-57)93-77-35-16-12-30-68(77)72-47-41-60(54-83(72)93)58-43-49-81-75(52-58)70-32-14-18-37-79(70)91(81)63-24-6-2-7-25-63)88-86(90-87)62-23-20-28-66(51-62)94-78-36-17-13-31-69(78)73-48-42-61(55-84(73)94)59-44-50-82-76(53-59)71-33-15-19-38-80(71)92(82)64-26-8-3-9-27-64/h1-55H. The molecule has 0 aliphatic carbocycles. The van der Waals surface area contributed by atoms with Crippen LogP contribution in [0.25, 0.3) is 178 Å². The fraction of sp³-hybridized carbons (Fsp3) is 0. The molecule has 7 heteroatoms. The molecule has 0 saturated carbocycles. The van der Waals surface area contributed by atoms with E-state index in [1.807, 2.05) is 0 Å². The third-order valence-electron chi connectivity index (χ3n) is 19.0. The highest BCUT2D eigenvalue weighted by molar-refractivity contribution is 6.14. The van der Waals surface area contributed by atoms with Crippen LogP contribution in [0.3, 0.4) is 0 Å². The highest BCUT2D eigenvalue weighted by Gasteiger charge is 2.22. The van der Waals surface area contributed by atoms with Crippen molar-refractivity contribution in [2.45, 2.75) is 0 Å². The first-order valence-corrected chi connectivity index (χ1v) is 32.0. The number of para-hydroxylation sites is 6. The summed E-state index contributed by atoms with van der Waals surface area (Å²) in [5, 5.41) is 9.66. The van der Waals surface area contributed by atoms with Crippen LogP contribution in [0.2, 0.25) is 0 Å². The van der Waals surface area contributed by atoms with Gasteiger partial charge in [0.25, 0.3) is 0 Å². The molecule has 19 rings (SSSR count). The van der Waals surface area contributed by atoms with Gasteiger partial charge in [-0.1, -0.05) is 212 Å². The Labute approximate surface area is 541 Å². The lowest BCUT2D eigenvalue weighted by atomic mass is 9.99. The lowest BCUT2D eigenvalue weighted by Gasteiger charge is -2.14. The topological polar surface area (TPSA) is 58.4 Å². The number of fused-ring (bicyclic) bond motifs is 12. The van der Waals surface area contributed by atoms with E-state index in [0.717, 1.165) is 94.9 Å². The summed E-state index contributed by atoms with van der Waals surface area (Å²) in [5.41, 5.74) is 23.0. The Balaban J connectivity index is 0.730. The third kappa shape index (κ3) is 8.56. The summed E-state index contributed by atoms with van der Waals surface area (Å²) in [7, 11) is 0. The molecule has 7 nitrogen and oxygen atoms in total. The van der Waals surface area contributed by atoms with Gasteiger partial charge in [0.1, 0.15) is 0 Å². The zero-order valence-corrected chi connectivity index (χ0v) is 50.9. The summed E-state index contributed by atoms with van der Waals surface area (Å²) >= 11 is 0. The molecule has 5 heterocycles. The molecule has 0 spiro atoms. The van der Waals surface area contributed by atoms with Crippen LogP contribution in [0.15, 0.2) is 334 Å². The first kappa shape index (κ1) is 53.2. The summed E-state index contributed by atoms with van der Waals surface area (Å²) in [6.45, 7) is 0. The van der Waals surface area contributed by atoms with Crippen LogP contribution < -0.4 is 0 Å². The van der Waals surface area contributed by atoms with Gasteiger partial charge in [0.05, 0.1) is 44.1 Å². The van der Waals surface area contributed by atoms with Crippen LogP contribution in [0.4, 0.5) is 0 Å². The van der Waals surface area contributed by atoms with Crippen molar-refractivity contribution in [3.05, 3.63) is 334 Å². The van der Waals surface area contributed by atoms with Crippen molar-refractivity contribution in [3.63, 3.8) is 0 Å². The minimum Gasteiger partial charge on any atom is -0.309 e. The molecular formula is C87H55N7. The monoisotopic (exact) mass is 1200 g/mol. The van der Waals surface area contributed by atoms with Crippen LogP contribution in [-0.4, -0.2) is 33.2 Å². The van der Waals surface area contributed by atoms with Crippen LogP contribution in [0, 0.1) is 0 Å². The van der Waals surface area contributed by atoms with E-state index >= 15 is 0 Å². The summed E-state index contributed by atoms with van der Waals surface area (Å²) in [6.07, 6.45) is 0. The van der Waals surface area contributed by atoms with Crippen LogP contribution in [0.1, 0.15) is 0 Å². The molecule has 14 aromatic carbocycles. The second kappa shape index (κ2) is 21.5. The summed E-state index contributed by atoms with van der Waals surface area (Å²) in [6, 6.07) is 120. The molecule has 0 bridgehead atoms.